The molecule has 5 heavy (non-hydrogen) atoms. The SMILES string of the molecule is C=CC(=C)C.[H+]. The largest absolute Gasteiger partial charge is 1.00 e. The van der Waals surface area contributed by atoms with Gasteiger partial charge in [0.05, 0.1) is 0 Å². The quantitative estimate of drug-likeness (QED) is 0.412. The summed E-state index contributed by atoms with van der Waals surface area (Å²) in [6, 6.07) is 0. The van der Waals surface area contributed by atoms with Crippen LogP contribution in [0.15, 0.2) is 24.8 Å². The summed E-state index contributed by atoms with van der Waals surface area (Å²) < 4.78 is 0. The summed E-state index contributed by atoms with van der Waals surface area (Å²) in [6.07, 6.45) is 1.72. The molecule has 0 N–H and O–H groups in total. The highest BCUT2D eigenvalue weighted by Crippen LogP contribution is 1.81. The lowest BCUT2D eigenvalue weighted by Gasteiger charge is -1.71. The first-order valence-electron chi connectivity index (χ1n) is 1.55. The van der Waals surface area contributed by atoms with E-state index in [4.69, 9.17) is 0 Å². The smallest absolute Gasteiger partial charge is 0.0988 e. The molecule has 0 aliphatic rings. The first-order valence-corrected chi connectivity index (χ1v) is 1.55. The van der Waals surface area contributed by atoms with Crippen LogP contribution in [0, 0.1) is 0 Å². The third-order valence-electron chi connectivity index (χ3n) is 0.348. The molecule has 0 fully saturated rings. The van der Waals surface area contributed by atoms with Gasteiger partial charge in [-0.25, -0.2) is 0 Å². The minimum absolute atomic E-state index is 0. The van der Waals surface area contributed by atoms with Gasteiger partial charge < -0.3 is 0 Å². The number of hydrogen-bond acceptors (Lipinski definition) is 0. The highest BCUT2D eigenvalue weighted by atomic mass is 13.7. The summed E-state index contributed by atoms with van der Waals surface area (Å²) in [5.41, 5.74) is 1.02. The van der Waals surface area contributed by atoms with Gasteiger partial charge in [-0.15, -0.1) is 0 Å². The molecule has 0 amide bonds. The second-order valence-corrected chi connectivity index (χ2v) is 1.05. The van der Waals surface area contributed by atoms with E-state index in [1.165, 1.54) is 0 Å². The summed E-state index contributed by atoms with van der Waals surface area (Å²) in [4.78, 5) is 0. The normalized spacial score (nSPS) is 6.60. The minimum atomic E-state index is 0. The van der Waals surface area contributed by atoms with Crippen LogP contribution < -0.4 is 0 Å². The molecule has 0 heterocycles. The Bertz CT molecular complexity index is 55.0. The van der Waals surface area contributed by atoms with Gasteiger partial charge in [-0.05, 0) is 6.92 Å². The molecule has 0 aliphatic heterocycles. The minimum Gasteiger partial charge on any atom is -0.0988 e. The van der Waals surface area contributed by atoms with Crippen molar-refractivity contribution in [1.29, 1.82) is 0 Å². The molecule has 0 atom stereocenters. The maximum Gasteiger partial charge on any atom is 1.00 e. The molecule has 0 rings (SSSR count). The van der Waals surface area contributed by atoms with Gasteiger partial charge in [-0.2, -0.15) is 0 Å². The van der Waals surface area contributed by atoms with Crippen LogP contribution in [0.25, 0.3) is 0 Å². The maximum atomic E-state index is 3.56. The summed E-state index contributed by atoms with van der Waals surface area (Å²) in [6.45, 7) is 8.93. The molecule has 0 radical (unpaired) electrons. The van der Waals surface area contributed by atoms with Crippen LogP contribution in [0.4, 0.5) is 0 Å². The Balaban J connectivity index is 0. The van der Waals surface area contributed by atoms with Crippen molar-refractivity contribution in [3.05, 3.63) is 24.8 Å². The van der Waals surface area contributed by atoms with Crippen molar-refractivity contribution in [3.63, 3.8) is 0 Å². The molecule has 0 bridgehead atoms. The van der Waals surface area contributed by atoms with E-state index in [-0.39, 0.29) is 1.43 Å². The van der Waals surface area contributed by atoms with Crippen LogP contribution in [-0.4, -0.2) is 0 Å². The van der Waals surface area contributed by atoms with Crippen molar-refractivity contribution < 1.29 is 1.43 Å². The van der Waals surface area contributed by atoms with E-state index in [1.54, 1.807) is 6.08 Å². The van der Waals surface area contributed by atoms with Crippen LogP contribution >= 0.6 is 0 Å². The third-order valence-corrected chi connectivity index (χ3v) is 0.348. The first-order chi connectivity index (χ1) is 2.27. The van der Waals surface area contributed by atoms with Crippen LogP contribution in [0.3, 0.4) is 0 Å². The molecule has 0 nitrogen and oxygen atoms in total. The molecule has 0 aromatic rings. The molecule has 0 aromatic carbocycles. The van der Waals surface area contributed by atoms with E-state index in [2.05, 4.69) is 13.2 Å². The van der Waals surface area contributed by atoms with E-state index in [9.17, 15) is 0 Å². The Morgan fingerprint density at radius 1 is 2.00 bits per heavy atom. The van der Waals surface area contributed by atoms with Gasteiger partial charge in [0.1, 0.15) is 0 Å². The zero-order valence-corrected chi connectivity index (χ0v) is 3.49. The monoisotopic (exact) mass is 69.1 g/mol. The molecule has 0 spiro atoms. The lowest BCUT2D eigenvalue weighted by molar-refractivity contribution is 1.58. The van der Waals surface area contributed by atoms with Gasteiger partial charge in [-0.3, -0.25) is 0 Å². The molecule has 0 unspecified atom stereocenters. The predicted octanol–water partition coefficient (Wildman–Crippen LogP) is 1.86. The van der Waals surface area contributed by atoms with Gasteiger partial charge in [0.2, 0.25) is 0 Å². The standard InChI is InChI=1S/C5H8/c1-4-5(2)3/h4H,1-2H2,3H3/p+1. The summed E-state index contributed by atoms with van der Waals surface area (Å²) in [5.74, 6) is 0. The average Bonchev–Trinajstić information content (AvgIpc) is 1.38. The van der Waals surface area contributed by atoms with Crippen LogP contribution in [0.1, 0.15) is 8.35 Å². The van der Waals surface area contributed by atoms with Crippen LogP contribution in [0.2, 0.25) is 0 Å². The second kappa shape index (κ2) is 1.77. The van der Waals surface area contributed by atoms with Crippen molar-refractivity contribution in [1.82, 2.24) is 0 Å². The number of hydrogen-bond donors (Lipinski definition) is 0. The lowest BCUT2D eigenvalue weighted by atomic mass is 10.4. The lowest BCUT2D eigenvalue weighted by Crippen LogP contribution is -1.50. The van der Waals surface area contributed by atoms with Crippen molar-refractivity contribution in [2.45, 2.75) is 6.92 Å². The van der Waals surface area contributed by atoms with Crippen LogP contribution in [-0.2, 0) is 0 Å². The molecular formula is C5H9+. The number of rotatable bonds is 1. The average molecular weight is 69.1 g/mol. The predicted molar refractivity (Wildman–Crippen MR) is 26.1 cm³/mol. The fraction of sp³-hybridized carbons (Fsp3) is 0.200. The summed E-state index contributed by atoms with van der Waals surface area (Å²) in [5, 5.41) is 0. The Hall–Kier alpha value is -0.520. The highest BCUT2D eigenvalue weighted by molar-refractivity contribution is 5.05. The maximum absolute atomic E-state index is 3.56. The van der Waals surface area contributed by atoms with Crippen LogP contribution in [0.5, 0.6) is 0 Å². The van der Waals surface area contributed by atoms with Gasteiger partial charge in [0, 0.05) is 0 Å². The topological polar surface area (TPSA) is 0 Å². The van der Waals surface area contributed by atoms with E-state index in [0.29, 0.717) is 0 Å². The van der Waals surface area contributed by atoms with Crippen molar-refractivity contribution in [2.75, 3.05) is 0 Å². The molecule has 0 aromatic heterocycles. The molecular weight excluding hydrogens is 60.1 g/mol. The molecule has 0 saturated carbocycles. The van der Waals surface area contributed by atoms with E-state index in [0.717, 1.165) is 5.57 Å². The highest BCUT2D eigenvalue weighted by Gasteiger charge is 1.59. The second-order valence-electron chi connectivity index (χ2n) is 1.05. The van der Waals surface area contributed by atoms with Gasteiger partial charge in [-0.1, -0.05) is 24.8 Å². The Morgan fingerprint density at radius 3 is 2.20 bits per heavy atom. The van der Waals surface area contributed by atoms with Crippen molar-refractivity contribution in [2.24, 2.45) is 0 Å². The zero-order chi connectivity index (χ0) is 4.28. The fourth-order valence-electron chi connectivity index (χ4n) is 0. The number of allylic oxidation sites excluding steroid dienone is 2. The fourth-order valence-corrected chi connectivity index (χ4v) is 0. The molecule has 0 aliphatic carbocycles. The molecule has 0 heteroatoms. The Labute approximate surface area is 34.3 Å². The van der Waals surface area contributed by atoms with E-state index in [1.807, 2.05) is 6.92 Å². The Morgan fingerprint density at radius 2 is 2.20 bits per heavy atom. The van der Waals surface area contributed by atoms with Gasteiger partial charge in [0.15, 0.2) is 0 Å². The molecule has 28 valence electrons. The summed E-state index contributed by atoms with van der Waals surface area (Å²) in [7, 11) is 0. The van der Waals surface area contributed by atoms with Crippen molar-refractivity contribution >= 4 is 0 Å². The Kier molecular flexibility index (Phi) is 1.58. The van der Waals surface area contributed by atoms with E-state index >= 15 is 0 Å². The molecule has 0 saturated heterocycles. The zero-order valence-electron chi connectivity index (χ0n) is 4.49. The van der Waals surface area contributed by atoms with Gasteiger partial charge >= 0.3 is 1.43 Å². The third kappa shape index (κ3) is 3.48. The van der Waals surface area contributed by atoms with E-state index < -0.39 is 0 Å². The van der Waals surface area contributed by atoms with Crippen molar-refractivity contribution in [3.8, 4) is 0 Å². The summed E-state index contributed by atoms with van der Waals surface area (Å²) >= 11 is 0. The van der Waals surface area contributed by atoms with Gasteiger partial charge in [0.25, 0.3) is 0 Å². The first kappa shape index (κ1) is 4.48.